The van der Waals surface area contributed by atoms with Crippen LogP contribution in [0.25, 0.3) is 0 Å². The number of imidazole rings is 1. The fraction of sp³-hybridized carbons (Fsp3) is 0.450. The van der Waals surface area contributed by atoms with Gasteiger partial charge in [-0.15, -0.1) is 0 Å². The molecule has 0 saturated carbocycles. The van der Waals surface area contributed by atoms with E-state index in [0.717, 1.165) is 12.1 Å². The molecule has 0 bridgehead atoms. The van der Waals surface area contributed by atoms with E-state index in [0.29, 0.717) is 5.82 Å². The molecule has 1 aromatic heterocycles. The predicted molar refractivity (Wildman–Crippen MR) is 111 cm³/mol. The monoisotopic (exact) mass is 469 g/mol. The quantitative estimate of drug-likeness (QED) is 0.656. The Balaban J connectivity index is 1.68. The lowest BCUT2D eigenvalue weighted by Gasteiger charge is -2.30. The number of hydrogen-bond acceptors (Lipinski definition) is 5. The highest BCUT2D eigenvalue weighted by molar-refractivity contribution is 7.89. The predicted octanol–water partition coefficient (Wildman–Crippen LogP) is 1.01. The average molecular weight is 470 g/mol. The number of hydrogen-bond donors (Lipinski definition) is 2. The fourth-order valence-electron chi connectivity index (χ4n) is 3.54. The second-order valence-electron chi connectivity index (χ2n) is 7.65. The number of carbonyl (C=O) groups is 2. The lowest BCUT2D eigenvalue weighted by Crippen LogP contribution is -2.46. The first kappa shape index (κ1) is 23.8. The molecule has 174 valence electrons. The highest BCUT2D eigenvalue weighted by atomic mass is 32.2. The molecular weight excluding hydrogens is 444 g/mol. The number of rotatable bonds is 6. The minimum Gasteiger partial charge on any atom is -0.357 e. The van der Waals surface area contributed by atoms with Crippen molar-refractivity contribution in [2.75, 3.05) is 20.1 Å². The van der Waals surface area contributed by atoms with Gasteiger partial charge < -0.3 is 15.2 Å². The van der Waals surface area contributed by atoms with Gasteiger partial charge in [0.1, 0.15) is 11.9 Å². The van der Waals surface area contributed by atoms with E-state index < -0.39 is 45.4 Å². The van der Waals surface area contributed by atoms with Crippen molar-refractivity contribution in [3.05, 3.63) is 47.4 Å². The van der Waals surface area contributed by atoms with Crippen molar-refractivity contribution in [1.29, 1.82) is 0 Å². The van der Waals surface area contributed by atoms with Crippen molar-refractivity contribution in [1.82, 2.24) is 24.5 Å². The number of carbonyl (C=O) groups excluding carboxylic acids is 2. The van der Waals surface area contributed by atoms with E-state index in [1.165, 1.54) is 23.6 Å². The van der Waals surface area contributed by atoms with Crippen LogP contribution in [0.5, 0.6) is 0 Å². The molecule has 1 saturated heterocycles. The van der Waals surface area contributed by atoms with Gasteiger partial charge in [-0.25, -0.2) is 22.2 Å². The molecule has 12 heteroatoms. The molecule has 1 fully saturated rings. The van der Waals surface area contributed by atoms with Crippen molar-refractivity contribution in [3.8, 4) is 0 Å². The Hall–Kier alpha value is -2.86. The smallest absolute Gasteiger partial charge is 0.262 e. The second kappa shape index (κ2) is 9.33. The topological polar surface area (TPSA) is 113 Å². The van der Waals surface area contributed by atoms with Gasteiger partial charge in [0.15, 0.2) is 16.7 Å². The Kier molecular flexibility index (Phi) is 6.94. The van der Waals surface area contributed by atoms with Crippen LogP contribution in [0, 0.1) is 24.5 Å². The van der Waals surface area contributed by atoms with Gasteiger partial charge in [-0.3, -0.25) is 9.59 Å². The van der Waals surface area contributed by atoms with Gasteiger partial charge in [0, 0.05) is 39.3 Å². The summed E-state index contributed by atoms with van der Waals surface area (Å²) in [5.74, 6) is -3.22. The van der Waals surface area contributed by atoms with Crippen molar-refractivity contribution in [3.63, 3.8) is 0 Å². The van der Waals surface area contributed by atoms with Crippen molar-refractivity contribution >= 4 is 21.8 Å². The number of nitrogens with zero attached hydrogens (tertiary/aromatic N) is 3. The van der Waals surface area contributed by atoms with E-state index in [-0.39, 0.29) is 36.5 Å². The molecule has 1 aliphatic rings. The van der Waals surface area contributed by atoms with Crippen LogP contribution in [0.2, 0.25) is 0 Å². The number of aromatic nitrogens is 2. The van der Waals surface area contributed by atoms with Crippen molar-refractivity contribution in [2.24, 2.45) is 13.0 Å². The van der Waals surface area contributed by atoms with Crippen LogP contribution in [0.15, 0.2) is 29.4 Å². The normalized spacial score (nSPS) is 16.5. The fourth-order valence-corrected chi connectivity index (χ4v) is 5.03. The van der Waals surface area contributed by atoms with Gasteiger partial charge in [0.25, 0.3) is 10.0 Å². The van der Waals surface area contributed by atoms with E-state index in [9.17, 15) is 26.8 Å². The maximum Gasteiger partial charge on any atom is 0.262 e. The van der Waals surface area contributed by atoms with Crippen molar-refractivity contribution < 1.29 is 26.8 Å². The Morgan fingerprint density at radius 1 is 1.19 bits per heavy atom. The molecule has 1 aromatic carbocycles. The Morgan fingerprint density at radius 2 is 1.84 bits per heavy atom. The summed E-state index contributed by atoms with van der Waals surface area (Å²) in [7, 11) is -0.709. The minimum absolute atomic E-state index is 0.0431. The van der Waals surface area contributed by atoms with Crippen LogP contribution in [0.4, 0.5) is 8.78 Å². The molecule has 2 aromatic rings. The number of sulfonamides is 1. The van der Waals surface area contributed by atoms with Gasteiger partial charge in [0.05, 0.1) is 0 Å². The maximum absolute atomic E-state index is 13.6. The number of amides is 2. The van der Waals surface area contributed by atoms with Gasteiger partial charge in [-0.05, 0) is 37.5 Å². The van der Waals surface area contributed by atoms with Crippen LogP contribution in [0.1, 0.15) is 30.3 Å². The summed E-state index contributed by atoms with van der Waals surface area (Å²) in [6.45, 7) is 1.93. The molecule has 32 heavy (non-hydrogen) atoms. The van der Waals surface area contributed by atoms with Crippen LogP contribution < -0.4 is 10.6 Å². The summed E-state index contributed by atoms with van der Waals surface area (Å²) in [6, 6.07) is 1.76. The molecular formula is C20H25F2N5O4S. The largest absolute Gasteiger partial charge is 0.357 e. The Morgan fingerprint density at radius 3 is 2.38 bits per heavy atom. The summed E-state index contributed by atoms with van der Waals surface area (Å²) in [5, 5.41) is 4.92. The summed E-state index contributed by atoms with van der Waals surface area (Å²) >= 11 is 0. The van der Waals surface area contributed by atoms with E-state index in [1.807, 2.05) is 0 Å². The third kappa shape index (κ3) is 4.80. The molecule has 2 heterocycles. The Bertz CT molecular complexity index is 1110. The maximum atomic E-state index is 13.6. The lowest BCUT2D eigenvalue weighted by atomic mass is 9.96. The average Bonchev–Trinajstić information content (AvgIpc) is 3.12. The highest BCUT2D eigenvalue weighted by Crippen LogP contribution is 2.25. The number of halogens is 2. The van der Waals surface area contributed by atoms with Crippen LogP contribution in [-0.4, -0.2) is 54.2 Å². The highest BCUT2D eigenvalue weighted by Gasteiger charge is 2.35. The minimum atomic E-state index is -3.78. The number of benzene rings is 1. The molecule has 0 spiro atoms. The van der Waals surface area contributed by atoms with Gasteiger partial charge in [-0.2, -0.15) is 4.31 Å². The van der Waals surface area contributed by atoms with Crippen LogP contribution in [-0.2, 0) is 26.7 Å². The van der Waals surface area contributed by atoms with E-state index in [1.54, 1.807) is 18.5 Å². The number of aryl methyl sites for hydroxylation is 2. The van der Waals surface area contributed by atoms with Crippen molar-refractivity contribution in [2.45, 2.75) is 30.8 Å². The first-order chi connectivity index (χ1) is 15.0. The molecule has 2 N–H and O–H groups in total. The van der Waals surface area contributed by atoms with E-state index >= 15 is 0 Å². The molecule has 1 atom stereocenters. The third-order valence-corrected chi connectivity index (χ3v) is 7.36. The number of likely N-dealkylation sites (N-methyl/N-ethyl adjacent to an activating group) is 1. The van der Waals surface area contributed by atoms with Crippen LogP contribution >= 0.6 is 0 Å². The second-order valence-corrected chi connectivity index (χ2v) is 9.53. The molecule has 1 unspecified atom stereocenters. The molecule has 9 nitrogen and oxygen atoms in total. The summed E-state index contributed by atoms with van der Waals surface area (Å²) < 4.78 is 55.4. The zero-order valence-electron chi connectivity index (χ0n) is 17.9. The van der Waals surface area contributed by atoms with Gasteiger partial charge in [0.2, 0.25) is 11.8 Å². The molecule has 3 rings (SSSR count). The molecule has 2 amide bonds. The third-order valence-electron chi connectivity index (χ3n) is 5.59. The Labute approximate surface area is 184 Å². The number of nitrogens with one attached hydrogen (secondary N) is 2. The zero-order chi connectivity index (χ0) is 23.6. The summed E-state index contributed by atoms with van der Waals surface area (Å²) in [4.78, 5) is 29.1. The summed E-state index contributed by atoms with van der Waals surface area (Å²) in [6.07, 6.45) is 1.93. The molecule has 0 aliphatic carbocycles. The molecule has 0 radical (unpaired) electrons. The lowest BCUT2D eigenvalue weighted by molar-refractivity contribution is -0.131. The van der Waals surface area contributed by atoms with Crippen LogP contribution in [0.3, 0.4) is 0 Å². The zero-order valence-corrected chi connectivity index (χ0v) is 18.7. The van der Waals surface area contributed by atoms with E-state index in [2.05, 4.69) is 15.6 Å². The number of piperidine rings is 1. The SMILES string of the molecule is CNC(=O)C(NC(=O)C1CCN(S(=O)(=O)c2cn(C)c(C)n2)CC1)c1ccc(F)c(F)c1. The summed E-state index contributed by atoms with van der Waals surface area (Å²) in [5.41, 5.74) is 0.0992. The van der Waals surface area contributed by atoms with Gasteiger partial charge >= 0.3 is 0 Å². The first-order valence-corrected chi connectivity index (χ1v) is 11.5. The first-order valence-electron chi connectivity index (χ1n) is 10.0. The van der Waals surface area contributed by atoms with Gasteiger partial charge in [-0.1, -0.05) is 6.07 Å². The standard InChI is InChI=1S/C20H25F2N5O4S/c1-12-24-17(11-26(12)3)32(30,31)27-8-6-13(7-9-27)19(28)25-18(20(29)23-2)14-4-5-15(21)16(22)10-14/h4-5,10-11,13,18H,6-9H2,1-3H3,(H,23,29)(H,25,28). The van der Waals surface area contributed by atoms with E-state index in [4.69, 9.17) is 0 Å². The molecule has 1 aliphatic heterocycles.